The van der Waals surface area contributed by atoms with Crippen molar-refractivity contribution in [3.63, 3.8) is 0 Å². The summed E-state index contributed by atoms with van der Waals surface area (Å²) in [7, 11) is 0. The van der Waals surface area contributed by atoms with Gasteiger partial charge in [-0.25, -0.2) is 0 Å². The van der Waals surface area contributed by atoms with E-state index in [0.29, 0.717) is 6.61 Å². The normalized spacial score (nSPS) is 10.9. The summed E-state index contributed by atoms with van der Waals surface area (Å²) in [5.74, 6) is -0.0276. The van der Waals surface area contributed by atoms with Gasteiger partial charge in [0, 0.05) is 12.1 Å². The highest BCUT2D eigenvalue weighted by atomic mass is 16.6. The molecular formula is C24H40N2O5. The summed E-state index contributed by atoms with van der Waals surface area (Å²) in [4.78, 5) is 20.7. The largest absolute Gasteiger partial charge is 0.487 e. The predicted octanol–water partition coefficient (Wildman–Crippen LogP) is 8.14. The monoisotopic (exact) mass is 436 g/mol. The molecule has 0 amide bonds. The molecule has 0 aliphatic carbocycles. The van der Waals surface area contributed by atoms with Gasteiger partial charge in [0.15, 0.2) is 0 Å². The maximum atomic E-state index is 11.0. The molecule has 1 aromatic carbocycles. The molecule has 0 radical (unpaired) electrons. The van der Waals surface area contributed by atoms with Gasteiger partial charge in [0.05, 0.1) is 22.5 Å². The average molecular weight is 437 g/mol. The Hall–Kier alpha value is -2.18. The van der Waals surface area contributed by atoms with Crippen molar-refractivity contribution in [1.82, 2.24) is 0 Å². The van der Waals surface area contributed by atoms with Gasteiger partial charge in [-0.1, -0.05) is 103 Å². The van der Waals surface area contributed by atoms with Crippen LogP contribution in [-0.4, -0.2) is 16.5 Å². The number of nitrogens with zero attached hydrogens (tertiary/aromatic N) is 2. The zero-order valence-corrected chi connectivity index (χ0v) is 19.2. The summed E-state index contributed by atoms with van der Waals surface area (Å²) in [6.07, 6.45) is 20.4. The smallest absolute Gasteiger partial charge is 0.311 e. The Labute approximate surface area is 186 Å². The molecule has 31 heavy (non-hydrogen) atoms. The molecule has 0 heterocycles. The van der Waals surface area contributed by atoms with Crippen molar-refractivity contribution in [3.8, 4) is 5.75 Å². The first kappa shape index (κ1) is 26.9. The molecule has 0 fully saturated rings. The highest BCUT2D eigenvalue weighted by molar-refractivity contribution is 5.52. The van der Waals surface area contributed by atoms with Crippen molar-refractivity contribution in [2.45, 2.75) is 110 Å². The van der Waals surface area contributed by atoms with E-state index < -0.39 is 9.85 Å². The van der Waals surface area contributed by atoms with Gasteiger partial charge in [-0.3, -0.25) is 20.2 Å². The predicted molar refractivity (Wildman–Crippen MR) is 125 cm³/mol. The summed E-state index contributed by atoms with van der Waals surface area (Å²) in [6.45, 7) is 2.59. The molecule has 0 aromatic heterocycles. The first-order valence-corrected chi connectivity index (χ1v) is 12.1. The van der Waals surface area contributed by atoms with Crippen LogP contribution < -0.4 is 4.74 Å². The second-order valence-electron chi connectivity index (χ2n) is 8.32. The highest BCUT2D eigenvalue weighted by Crippen LogP contribution is 2.31. The van der Waals surface area contributed by atoms with Crippen LogP contribution in [-0.2, 0) is 0 Å². The van der Waals surface area contributed by atoms with Gasteiger partial charge < -0.3 is 4.74 Å². The molecule has 7 heteroatoms. The van der Waals surface area contributed by atoms with Gasteiger partial charge >= 0.3 is 5.69 Å². The zero-order valence-electron chi connectivity index (χ0n) is 19.2. The number of hydrogen-bond donors (Lipinski definition) is 0. The molecule has 0 saturated carbocycles. The van der Waals surface area contributed by atoms with Gasteiger partial charge in [0.2, 0.25) is 5.75 Å². The molecule has 0 spiro atoms. The number of rotatable bonds is 20. The molecule has 0 aliphatic heterocycles. The third-order valence-corrected chi connectivity index (χ3v) is 5.61. The van der Waals surface area contributed by atoms with Gasteiger partial charge in [0.1, 0.15) is 0 Å². The van der Waals surface area contributed by atoms with Crippen molar-refractivity contribution < 1.29 is 14.6 Å². The second-order valence-corrected chi connectivity index (χ2v) is 8.32. The Morgan fingerprint density at radius 3 is 1.55 bits per heavy atom. The van der Waals surface area contributed by atoms with Crippen molar-refractivity contribution in [2.24, 2.45) is 0 Å². The first-order valence-electron chi connectivity index (χ1n) is 12.1. The number of unbranched alkanes of at least 4 members (excludes halogenated alkanes) is 15. The quantitative estimate of drug-likeness (QED) is 0.117. The first-order chi connectivity index (χ1) is 15.1. The number of nitro groups is 2. The fraction of sp³-hybridized carbons (Fsp3) is 0.750. The molecule has 0 atom stereocenters. The van der Waals surface area contributed by atoms with Crippen LogP contribution in [0.4, 0.5) is 11.4 Å². The van der Waals surface area contributed by atoms with E-state index in [4.69, 9.17) is 4.74 Å². The highest BCUT2D eigenvalue weighted by Gasteiger charge is 2.19. The third-order valence-electron chi connectivity index (χ3n) is 5.61. The Bertz CT molecular complexity index is 636. The number of non-ortho nitro benzene ring substituents is 1. The van der Waals surface area contributed by atoms with E-state index in [1.54, 1.807) is 0 Å². The summed E-state index contributed by atoms with van der Waals surface area (Å²) in [5.41, 5.74) is -0.435. The average Bonchev–Trinajstić information content (AvgIpc) is 2.75. The fourth-order valence-electron chi connectivity index (χ4n) is 3.72. The van der Waals surface area contributed by atoms with E-state index >= 15 is 0 Å². The number of ether oxygens (including phenoxy) is 1. The fourth-order valence-corrected chi connectivity index (χ4v) is 3.72. The standard InChI is InChI=1S/C24H40N2O5/c1-2-3-4-5-6-7-8-9-10-11-12-13-14-15-16-17-20-31-24-21-22(25(27)28)18-19-23(24)26(29)30/h18-19,21H,2-17,20H2,1H3. The summed E-state index contributed by atoms with van der Waals surface area (Å²) in [6, 6.07) is 3.38. The van der Waals surface area contributed by atoms with Crippen LogP contribution >= 0.6 is 0 Å². The maximum Gasteiger partial charge on any atom is 0.311 e. The molecule has 1 rings (SSSR count). The minimum atomic E-state index is -0.578. The molecule has 0 bridgehead atoms. The van der Waals surface area contributed by atoms with Crippen LogP contribution in [0.25, 0.3) is 0 Å². The summed E-state index contributed by atoms with van der Waals surface area (Å²) in [5, 5.41) is 21.9. The Balaban J connectivity index is 1.99. The molecular weight excluding hydrogens is 396 g/mol. The van der Waals surface area contributed by atoms with Crippen LogP contribution in [0.3, 0.4) is 0 Å². The van der Waals surface area contributed by atoms with Gasteiger partial charge in [0.25, 0.3) is 5.69 Å². The second kappa shape index (κ2) is 17.5. The lowest BCUT2D eigenvalue weighted by atomic mass is 10.0. The van der Waals surface area contributed by atoms with E-state index in [0.717, 1.165) is 37.5 Å². The Kier molecular flexibility index (Phi) is 15.2. The van der Waals surface area contributed by atoms with Crippen LogP contribution in [0.5, 0.6) is 5.75 Å². The van der Waals surface area contributed by atoms with Crippen molar-refractivity contribution >= 4 is 11.4 Å². The Morgan fingerprint density at radius 1 is 0.677 bits per heavy atom. The molecule has 7 nitrogen and oxygen atoms in total. The summed E-state index contributed by atoms with van der Waals surface area (Å²) >= 11 is 0. The molecule has 0 aliphatic rings. The van der Waals surface area contributed by atoms with Crippen molar-refractivity contribution in [1.29, 1.82) is 0 Å². The molecule has 1 aromatic rings. The molecule has 176 valence electrons. The van der Waals surface area contributed by atoms with E-state index in [9.17, 15) is 20.2 Å². The maximum absolute atomic E-state index is 11.0. The Morgan fingerprint density at radius 2 is 1.13 bits per heavy atom. The van der Waals surface area contributed by atoms with Gasteiger partial charge in [-0.15, -0.1) is 0 Å². The molecule has 0 unspecified atom stereocenters. The molecule has 0 N–H and O–H groups in total. The van der Waals surface area contributed by atoms with E-state index in [1.807, 2.05) is 0 Å². The minimum Gasteiger partial charge on any atom is -0.487 e. The SMILES string of the molecule is CCCCCCCCCCCCCCCCCCOc1cc([N+](=O)[O-])ccc1[N+](=O)[O-]. The summed E-state index contributed by atoms with van der Waals surface area (Å²) < 4.78 is 5.46. The van der Waals surface area contributed by atoms with Crippen LogP contribution in [0.1, 0.15) is 110 Å². The van der Waals surface area contributed by atoms with Crippen molar-refractivity contribution in [3.05, 3.63) is 38.4 Å². The van der Waals surface area contributed by atoms with E-state index in [2.05, 4.69) is 6.92 Å². The van der Waals surface area contributed by atoms with Crippen LogP contribution in [0.2, 0.25) is 0 Å². The lowest BCUT2D eigenvalue weighted by Gasteiger charge is -2.07. The van der Waals surface area contributed by atoms with E-state index in [-0.39, 0.29) is 17.1 Å². The van der Waals surface area contributed by atoms with Gasteiger partial charge in [-0.2, -0.15) is 0 Å². The topological polar surface area (TPSA) is 95.5 Å². The van der Waals surface area contributed by atoms with Crippen LogP contribution in [0.15, 0.2) is 18.2 Å². The van der Waals surface area contributed by atoms with Crippen molar-refractivity contribution in [2.75, 3.05) is 6.61 Å². The van der Waals surface area contributed by atoms with Crippen LogP contribution in [0, 0.1) is 20.2 Å². The lowest BCUT2D eigenvalue weighted by molar-refractivity contribution is -0.389. The minimum absolute atomic E-state index is 0.0276. The number of nitro benzene ring substituents is 2. The third kappa shape index (κ3) is 13.0. The van der Waals surface area contributed by atoms with E-state index in [1.165, 1.54) is 83.5 Å². The number of benzene rings is 1. The zero-order chi connectivity index (χ0) is 22.7. The van der Waals surface area contributed by atoms with Gasteiger partial charge in [-0.05, 0) is 6.42 Å². The lowest BCUT2D eigenvalue weighted by Crippen LogP contribution is -2.01. The molecule has 0 saturated heterocycles. The number of hydrogen-bond acceptors (Lipinski definition) is 5.